The number of hydrogen-bond donors (Lipinski definition) is 0. The van der Waals surface area contributed by atoms with E-state index in [1.54, 1.807) is 24.3 Å². The molecule has 6 heteroatoms. The van der Waals surface area contributed by atoms with Crippen LogP contribution in [0.2, 0.25) is 0 Å². The standard InChI is InChI=1S/C34H19N5O/c35-20-23-5-13-29(14-6-23)39(30-15-9-24(10-16-30)26-7-8-27(21-36)28(19-26)22-37)31-17-11-25(12-18-31)34-38-32-3-1-2-4-33(32)40-34/h1-19H. The summed E-state index contributed by atoms with van der Waals surface area (Å²) >= 11 is 0. The molecule has 0 aliphatic rings. The Hall–Kier alpha value is -6.16. The molecule has 40 heavy (non-hydrogen) atoms. The lowest BCUT2D eigenvalue weighted by Gasteiger charge is -2.26. The largest absolute Gasteiger partial charge is 0.436 e. The van der Waals surface area contributed by atoms with Gasteiger partial charge in [-0.3, -0.25) is 0 Å². The molecule has 1 aromatic heterocycles. The summed E-state index contributed by atoms with van der Waals surface area (Å²) in [5.41, 5.74) is 8.22. The van der Waals surface area contributed by atoms with Gasteiger partial charge in [0.25, 0.3) is 0 Å². The van der Waals surface area contributed by atoms with Crippen molar-refractivity contribution in [3.8, 4) is 40.8 Å². The Morgan fingerprint density at radius 3 is 1.73 bits per heavy atom. The summed E-state index contributed by atoms with van der Waals surface area (Å²) in [4.78, 5) is 6.70. The van der Waals surface area contributed by atoms with Crippen molar-refractivity contribution in [2.24, 2.45) is 0 Å². The topological polar surface area (TPSA) is 101 Å². The van der Waals surface area contributed by atoms with Gasteiger partial charge in [-0.15, -0.1) is 0 Å². The summed E-state index contributed by atoms with van der Waals surface area (Å²) in [7, 11) is 0. The second-order valence-corrected chi connectivity index (χ2v) is 9.06. The minimum Gasteiger partial charge on any atom is -0.436 e. The third-order valence-corrected chi connectivity index (χ3v) is 6.64. The second kappa shape index (κ2) is 10.3. The van der Waals surface area contributed by atoms with Crippen LogP contribution in [-0.4, -0.2) is 4.98 Å². The van der Waals surface area contributed by atoms with Crippen LogP contribution in [0.1, 0.15) is 16.7 Å². The van der Waals surface area contributed by atoms with Gasteiger partial charge >= 0.3 is 0 Å². The molecule has 1 heterocycles. The van der Waals surface area contributed by atoms with Crippen molar-refractivity contribution in [2.75, 3.05) is 4.90 Å². The molecule has 5 aromatic carbocycles. The maximum Gasteiger partial charge on any atom is 0.227 e. The van der Waals surface area contributed by atoms with E-state index in [9.17, 15) is 15.8 Å². The molecule has 0 aliphatic carbocycles. The molecule has 0 fully saturated rings. The van der Waals surface area contributed by atoms with Crippen LogP contribution in [0.3, 0.4) is 0 Å². The predicted octanol–water partition coefficient (Wildman–Crippen LogP) is 8.25. The molecule has 0 atom stereocenters. The van der Waals surface area contributed by atoms with E-state index in [2.05, 4.69) is 28.1 Å². The van der Waals surface area contributed by atoms with Gasteiger partial charge in [0.1, 0.15) is 17.7 Å². The van der Waals surface area contributed by atoms with Gasteiger partial charge in [0.15, 0.2) is 5.58 Å². The third kappa shape index (κ3) is 4.52. The first kappa shape index (κ1) is 24.2. The summed E-state index contributed by atoms with van der Waals surface area (Å²) in [5, 5.41) is 27.9. The molecule has 0 saturated carbocycles. The number of nitriles is 3. The highest BCUT2D eigenvalue weighted by Gasteiger charge is 2.15. The molecule has 0 radical (unpaired) electrons. The van der Waals surface area contributed by atoms with E-state index in [1.165, 1.54) is 0 Å². The van der Waals surface area contributed by atoms with Gasteiger partial charge in [-0.05, 0) is 96.1 Å². The zero-order valence-corrected chi connectivity index (χ0v) is 21.1. The molecule has 6 rings (SSSR count). The fourth-order valence-electron chi connectivity index (χ4n) is 4.60. The van der Waals surface area contributed by atoms with Gasteiger partial charge in [0.05, 0.1) is 22.8 Å². The number of aromatic nitrogens is 1. The fourth-order valence-corrected chi connectivity index (χ4v) is 4.60. The molecule has 0 bridgehead atoms. The number of nitrogens with zero attached hydrogens (tertiary/aromatic N) is 5. The summed E-state index contributed by atoms with van der Waals surface area (Å²) in [6.07, 6.45) is 0. The number of rotatable bonds is 5. The van der Waals surface area contributed by atoms with Gasteiger partial charge < -0.3 is 9.32 Å². The van der Waals surface area contributed by atoms with Gasteiger partial charge in [-0.25, -0.2) is 4.98 Å². The summed E-state index contributed by atoms with van der Waals surface area (Å²) in [6, 6.07) is 42.6. The lowest BCUT2D eigenvalue weighted by atomic mass is 9.99. The monoisotopic (exact) mass is 513 g/mol. The highest BCUT2D eigenvalue weighted by molar-refractivity contribution is 5.81. The minimum atomic E-state index is 0.349. The maximum absolute atomic E-state index is 9.42. The summed E-state index contributed by atoms with van der Waals surface area (Å²) in [5.74, 6) is 0.557. The molecule has 0 amide bonds. The SMILES string of the molecule is N#Cc1ccc(N(c2ccc(-c3ccc(C#N)c(C#N)c3)cc2)c2ccc(-c3nc4ccccc4o3)cc2)cc1. The molecule has 0 N–H and O–H groups in total. The normalized spacial score (nSPS) is 10.4. The summed E-state index contributed by atoms with van der Waals surface area (Å²) in [6.45, 7) is 0. The van der Waals surface area contributed by atoms with Crippen molar-refractivity contribution in [3.05, 3.63) is 132 Å². The maximum atomic E-state index is 9.42. The average molecular weight is 514 g/mol. The van der Waals surface area contributed by atoms with Gasteiger partial charge in [0.2, 0.25) is 5.89 Å². The van der Waals surface area contributed by atoms with Crippen molar-refractivity contribution in [1.29, 1.82) is 15.8 Å². The van der Waals surface area contributed by atoms with Crippen LogP contribution in [0.5, 0.6) is 0 Å². The second-order valence-electron chi connectivity index (χ2n) is 9.06. The number of hydrogen-bond acceptors (Lipinski definition) is 6. The van der Waals surface area contributed by atoms with Crippen LogP contribution in [0.25, 0.3) is 33.7 Å². The predicted molar refractivity (Wildman–Crippen MR) is 154 cm³/mol. The molecule has 0 spiro atoms. The lowest BCUT2D eigenvalue weighted by molar-refractivity contribution is 0.620. The number of para-hydroxylation sites is 2. The smallest absolute Gasteiger partial charge is 0.227 e. The van der Waals surface area contributed by atoms with E-state index in [-0.39, 0.29) is 0 Å². The summed E-state index contributed by atoms with van der Waals surface area (Å²) < 4.78 is 5.94. The first-order valence-electron chi connectivity index (χ1n) is 12.5. The third-order valence-electron chi connectivity index (χ3n) is 6.64. The average Bonchev–Trinajstić information content (AvgIpc) is 3.46. The van der Waals surface area contributed by atoms with Gasteiger partial charge in [-0.1, -0.05) is 30.3 Å². The Kier molecular flexibility index (Phi) is 6.23. The van der Waals surface area contributed by atoms with Crippen LogP contribution >= 0.6 is 0 Å². The highest BCUT2D eigenvalue weighted by Crippen LogP contribution is 2.37. The number of fused-ring (bicyclic) bond motifs is 1. The zero-order valence-electron chi connectivity index (χ0n) is 21.1. The fraction of sp³-hybridized carbons (Fsp3) is 0. The Bertz CT molecular complexity index is 1930. The number of benzene rings is 5. The van der Waals surface area contributed by atoms with Crippen LogP contribution in [0, 0.1) is 34.0 Å². The van der Waals surface area contributed by atoms with Crippen molar-refractivity contribution < 1.29 is 4.42 Å². The molecule has 0 aliphatic heterocycles. The van der Waals surface area contributed by atoms with Crippen molar-refractivity contribution >= 4 is 28.2 Å². The molecule has 6 nitrogen and oxygen atoms in total. The first-order valence-corrected chi connectivity index (χ1v) is 12.5. The van der Waals surface area contributed by atoms with E-state index in [4.69, 9.17) is 4.42 Å². The van der Waals surface area contributed by atoms with E-state index >= 15 is 0 Å². The van der Waals surface area contributed by atoms with Crippen LogP contribution in [0.4, 0.5) is 17.1 Å². The molecule has 0 saturated heterocycles. The highest BCUT2D eigenvalue weighted by atomic mass is 16.3. The number of anilines is 3. The lowest BCUT2D eigenvalue weighted by Crippen LogP contribution is -2.09. The van der Waals surface area contributed by atoms with Crippen molar-refractivity contribution in [1.82, 2.24) is 4.98 Å². The van der Waals surface area contributed by atoms with E-state index < -0.39 is 0 Å². The first-order chi connectivity index (χ1) is 19.7. The van der Waals surface area contributed by atoms with Gasteiger partial charge in [0, 0.05) is 22.6 Å². The van der Waals surface area contributed by atoms with Crippen molar-refractivity contribution in [3.63, 3.8) is 0 Å². The van der Waals surface area contributed by atoms with Gasteiger partial charge in [-0.2, -0.15) is 15.8 Å². The molecule has 186 valence electrons. The zero-order chi connectivity index (χ0) is 27.5. The Balaban J connectivity index is 1.37. The molecule has 0 unspecified atom stereocenters. The minimum absolute atomic E-state index is 0.349. The Morgan fingerprint density at radius 2 is 1.12 bits per heavy atom. The number of oxazole rings is 1. The Labute approximate surface area is 230 Å². The molecular weight excluding hydrogens is 494 g/mol. The van der Waals surface area contributed by atoms with Crippen LogP contribution < -0.4 is 4.90 Å². The quantitative estimate of drug-likeness (QED) is 0.230. The van der Waals surface area contributed by atoms with E-state index in [0.717, 1.165) is 44.9 Å². The van der Waals surface area contributed by atoms with Crippen LogP contribution in [0.15, 0.2) is 120 Å². The van der Waals surface area contributed by atoms with E-state index in [1.807, 2.05) is 91.0 Å². The van der Waals surface area contributed by atoms with Crippen LogP contribution in [-0.2, 0) is 0 Å². The van der Waals surface area contributed by atoms with E-state index in [0.29, 0.717) is 22.6 Å². The Morgan fingerprint density at radius 1 is 0.550 bits per heavy atom. The molecule has 6 aromatic rings. The molecular formula is C34H19N5O. The van der Waals surface area contributed by atoms with Crippen molar-refractivity contribution in [2.45, 2.75) is 0 Å².